The third-order valence-corrected chi connectivity index (χ3v) is 8.49. The van der Waals surface area contributed by atoms with Crippen molar-refractivity contribution >= 4 is 16.7 Å². The molecule has 1 fully saturated rings. The Morgan fingerprint density at radius 2 is 2.05 bits per heavy atom. The number of carbonyl (C=O) groups excluding carboxylic acids is 1. The summed E-state index contributed by atoms with van der Waals surface area (Å²) in [5.74, 6) is 0.0159. The van der Waals surface area contributed by atoms with Gasteiger partial charge in [-0.1, -0.05) is 37.6 Å². The molecule has 0 aliphatic carbocycles. The summed E-state index contributed by atoms with van der Waals surface area (Å²) < 4.78 is 14.2. The van der Waals surface area contributed by atoms with Gasteiger partial charge in [-0.05, 0) is 42.0 Å². The number of benzene rings is 1. The first-order chi connectivity index (χ1) is 20.6. The van der Waals surface area contributed by atoms with Gasteiger partial charge in [0, 0.05) is 48.9 Å². The lowest BCUT2D eigenvalue weighted by Gasteiger charge is -2.51. The van der Waals surface area contributed by atoms with Crippen molar-refractivity contribution in [3.05, 3.63) is 72.3 Å². The first-order valence-corrected chi connectivity index (χ1v) is 15.0. The number of ether oxygens (including phenoxy) is 2. The Bertz CT molecular complexity index is 1550. The topological polar surface area (TPSA) is 125 Å². The van der Waals surface area contributed by atoms with E-state index in [0.717, 1.165) is 52.5 Å². The van der Waals surface area contributed by atoms with Gasteiger partial charge in [-0.3, -0.25) is 14.5 Å². The zero-order valence-electron chi connectivity index (χ0n) is 25.6. The maximum atomic E-state index is 12.6. The van der Waals surface area contributed by atoms with E-state index in [0.29, 0.717) is 31.9 Å². The van der Waals surface area contributed by atoms with Gasteiger partial charge in [0.15, 0.2) is 12.1 Å². The molecule has 4 heterocycles. The number of aromatic nitrogens is 4. The van der Waals surface area contributed by atoms with E-state index in [-0.39, 0.29) is 11.1 Å². The second-order valence-electron chi connectivity index (χ2n) is 12.2. The first kappa shape index (κ1) is 30.6. The van der Waals surface area contributed by atoms with Gasteiger partial charge in [0.2, 0.25) is 5.88 Å². The SMILES string of the molecule is CCCCc1cc2ccccc2c(OCC[N+](C)(C)[C@H]2C(C(N)=O)OCC[C@@]2(O)Cc2ccc(-c3cnn(C)c3)nc2)n1. The van der Waals surface area contributed by atoms with Crippen LogP contribution in [0.3, 0.4) is 0 Å². The van der Waals surface area contributed by atoms with Crippen molar-refractivity contribution in [2.24, 2.45) is 12.8 Å². The lowest BCUT2D eigenvalue weighted by Crippen LogP contribution is -2.71. The van der Waals surface area contributed by atoms with Crippen LogP contribution in [0.2, 0.25) is 0 Å². The van der Waals surface area contributed by atoms with Crippen molar-refractivity contribution in [1.29, 1.82) is 0 Å². The molecule has 0 bridgehead atoms. The summed E-state index contributed by atoms with van der Waals surface area (Å²) in [5.41, 5.74) is 8.18. The number of hydrogen-bond acceptors (Lipinski definition) is 7. The molecular formula is C33H43N6O4+. The lowest BCUT2D eigenvalue weighted by molar-refractivity contribution is -0.926. The molecule has 43 heavy (non-hydrogen) atoms. The van der Waals surface area contributed by atoms with Gasteiger partial charge in [-0.15, -0.1) is 0 Å². The van der Waals surface area contributed by atoms with E-state index in [4.69, 9.17) is 20.2 Å². The van der Waals surface area contributed by atoms with Crippen LogP contribution in [0.25, 0.3) is 22.0 Å². The molecule has 1 amide bonds. The van der Waals surface area contributed by atoms with Gasteiger partial charge in [0.05, 0.1) is 32.6 Å². The van der Waals surface area contributed by atoms with Gasteiger partial charge < -0.3 is 24.8 Å². The fourth-order valence-corrected chi connectivity index (χ4v) is 6.27. The van der Waals surface area contributed by atoms with Crippen molar-refractivity contribution < 1.29 is 23.9 Å². The van der Waals surface area contributed by atoms with Gasteiger partial charge in [0.25, 0.3) is 5.91 Å². The summed E-state index contributed by atoms with van der Waals surface area (Å²) in [7, 11) is 5.83. The highest BCUT2D eigenvalue weighted by atomic mass is 16.5. The van der Waals surface area contributed by atoms with Crippen molar-refractivity contribution in [2.75, 3.05) is 33.9 Å². The fourth-order valence-electron chi connectivity index (χ4n) is 6.27. The number of aryl methyl sites for hydroxylation is 2. The summed E-state index contributed by atoms with van der Waals surface area (Å²) in [4.78, 5) is 22.1. The van der Waals surface area contributed by atoms with E-state index in [1.165, 1.54) is 0 Å². The molecule has 4 aromatic rings. The predicted octanol–water partition coefficient (Wildman–Crippen LogP) is 3.44. The number of carbonyl (C=O) groups is 1. The Morgan fingerprint density at radius 1 is 1.23 bits per heavy atom. The number of hydrogen-bond donors (Lipinski definition) is 2. The van der Waals surface area contributed by atoms with Crippen LogP contribution in [-0.2, 0) is 29.4 Å². The molecule has 3 atom stereocenters. The molecule has 1 aliphatic rings. The molecule has 0 spiro atoms. The molecule has 1 aromatic carbocycles. The minimum atomic E-state index is -1.26. The van der Waals surface area contributed by atoms with Crippen molar-refractivity contribution in [3.63, 3.8) is 0 Å². The molecule has 3 N–H and O–H groups in total. The number of nitrogens with zero attached hydrogens (tertiary/aromatic N) is 5. The van der Waals surface area contributed by atoms with Crippen molar-refractivity contribution in [3.8, 4) is 17.1 Å². The average molecular weight is 588 g/mol. The summed E-state index contributed by atoms with van der Waals surface area (Å²) in [6.07, 6.45) is 8.21. The Balaban J connectivity index is 1.35. The molecule has 3 aromatic heterocycles. The van der Waals surface area contributed by atoms with E-state index >= 15 is 0 Å². The number of primary amides is 1. The highest BCUT2D eigenvalue weighted by Gasteiger charge is 2.56. The first-order valence-electron chi connectivity index (χ1n) is 15.0. The van der Waals surface area contributed by atoms with Crippen LogP contribution in [0, 0.1) is 0 Å². The van der Waals surface area contributed by atoms with Crippen LogP contribution in [0.4, 0.5) is 0 Å². The van der Waals surface area contributed by atoms with Crippen LogP contribution >= 0.6 is 0 Å². The monoisotopic (exact) mass is 587 g/mol. The molecule has 228 valence electrons. The molecule has 5 rings (SSSR count). The Labute approximate surface area is 253 Å². The average Bonchev–Trinajstić information content (AvgIpc) is 3.42. The number of amides is 1. The largest absolute Gasteiger partial charge is 0.471 e. The second-order valence-corrected chi connectivity index (χ2v) is 12.2. The van der Waals surface area contributed by atoms with Gasteiger partial charge in [-0.2, -0.15) is 5.10 Å². The maximum Gasteiger partial charge on any atom is 0.252 e. The van der Waals surface area contributed by atoms with E-state index in [9.17, 15) is 9.90 Å². The number of unbranched alkanes of at least 4 members (excludes halogenated alkanes) is 1. The maximum absolute atomic E-state index is 12.6. The Hall–Kier alpha value is -3.86. The minimum Gasteiger partial charge on any atom is -0.471 e. The zero-order valence-corrected chi connectivity index (χ0v) is 25.6. The molecule has 0 saturated carbocycles. The highest BCUT2D eigenvalue weighted by Crippen LogP contribution is 2.35. The molecule has 1 unspecified atom stereocenters. The van der Waals surface area contributed by atoms with Crippen LogP contribution in [0.1, 0.15) is 37.4 Å². The van der Waals surface area contributed by atoms with Crippen LogP contribution in [-0.4, -0.2) is 86.8 Å². The van der Waals surface area contributed by atoms with E-state index in [2.05, 4.69) is 29.1 Å². The fraction of sp³-hybridized carbons (Fsp3) is 0.455. The molecular weight excluding hydrogens is 544 g/mol. The summed E-state index contributed by atoms with van der Waals surface area (Å²) in [6, 6.07) is 13.5. The molecule has 0 radical (unpaired) electrons. The van der Waals surface area contributed by atoms with Crippen molar-refractivity contribution in [1.82, 2.24) is 19.7 Å². The van der Waals surface area contributed by atoms with E-state index in [1.807, 2.05) is 57.7 Å². The van der Waals surface area contributed by atoms with Gasteiger partial charge in [0.1, 0.15) is 18.8 Å². The summed E-state index contributed by atoms with van der Waals surface area (Å²) >= 11 is 0. The van der Waals surface area contributed by atoms with Crippen LogP contribution in [0.15, 0.2) is 61.1 Å². The van der Waals surface area contributed by atoms with E-state index < -0.39 is 23.7 Å². The third kappa shape index (κ3) is 6.87. The molecule has 10 heteroatoms. The van der Waals surface area contributed by atoms with Gasteiger partial charge >= 0.3 is 0 Å². The second kappa shape index (κ2) is 12.8. The van der Waals surface area contributed by atoms with E-state index in [1.54, 1.807) is 17.1 Å². The number of nitrogens with two attached hydrogens (primary N) is 1. The number of pyridine rings is 2. The molecule has 10 nitrogen and oxygen atoms in total. The van der Waals surface area contributed by atoms with Crippen LogP contribution < -0.4 is 10.5 Å². The standard InChI is InChI=1S/C33H42N6O4/c1-5-6-10-26-18-24-9-7-8-11-27(24)32(37-26)43-17-15-39(3,4)30-29(31(34)40)42-16-14-33(30,41)19-23-12-13-28(35-20-23)25-21-36-38(2)22-25/h7-9,11-13,18,20-22,29-30,41H,5-6,10,14-17,19H2,1-4H3,(H-,34,40)/p+1/t29?,30-,33+/m0/s1. The minimum absolute atomic E-state index is 0.235. The predicted molar refractivity (Wildman–Crippen MR) is 165 cm³/mol. The summed E-state index contributed by atoms with van der Waals surface area (Å²) in [6.45, 7) is 3.23. The van der Waals surface area contributed by atoms with Gasteiger partial charge in [-0.25, -0.2) is 4.98 Å². The number of rotatable bonds is 12. The third-order valence-electron chi connectivity index (χ3n) is 8.49. The lowest BCUT2D eigenvalue weighted by atomic mass is 9.78. The Morgan fingerprint density at radius 3 is 2.74 bits per heavy atom. The number of likely N-dealkylation sites (N-methyl/N-ethyl adjacent to an activating group) is 1. The zero-order chi connectivity index (χ0) is 30.6. The quantitative estimate of drug-likeness (QED) is 0.243. The van der Waals surface area contributed by atoms with Crippen LogP contribution in [0.5, 0.6) is 5.88 Å². The number of quaternary nitrogens is 1. The normalized spacial score (nSPS) is 20.8. The highest BCUT2D eigenvalue weighted by molar-refractivity contribution is 5.87. The summed E-state index contributed by atoms with van der Waals surface area (Å²) in [5, 5.41) is 18.5. The van der Waals surface area contributed by atoms with Crippen molar-refractivity contribution in [2.45, 2.75) is 56.8 Å². The number of fused-ring (bicyclic) bond motifs is 1. The number of aliphatic hydroxyl groups is 1. The molecule has 1 saturated heterocycles. The molecule has 1 aliphatic heterocycles. The smallest absolute Gasteiger partial charge is 0.252 e. The Kier molecular flexibility index (Phi) is 9.10.